The van der Waals surface area contributed by atoms with Crippen LogP contribution >= 0.6 is 22.9 Å². The van der Waals surface area contributed by atoms with Crippen LogP contribution in [0.5, 0.6) is 0 Å². The molecule has 6 nitrogen and oxygen atoms in total. The van der Waals surface area contributed by atoms with Gasteiger partial charge in [0.25, 0.3) is 0 Å². The molecule has 1 N–H and O–H groups in total. The maximum Gasteiger partial charge on any atom is 0.313 e. The summed E-state index contributed by atoms with van der Waals surface area (Å²) in [5.41, 5.74) is 0.859. The van der Waals surface area contributed by atoms with Gasteiger partial charge in [0.15, 0.2) is 0 Å². The van der Waals surface area contributed by atoms with Gasteiger partial charge in [-0.2, -0.15) is 0 Å². The van der Waals surface area contributed by atoms with E-state index in [1.54, 1.807) is 25.3 Å². The molecule has 0 unspecified atom stereocenters. The summed E-state index contributed by atoms with van der Waals surface area (Å²) in [5.74, 6) is -2.50. The highest BCUT2D eigenvalue weighted by atomic mass is 35.5. The van der Waals surface area contributed by atoms with Crippen molar-refractivity contribution >= 4 is 40.7 Å². The zero-order valence-electron chi connectivity index (χ0n) is 14.1. The Morgan fingerprint density at radius 3 is 2.54 bits per heavy atom. The zero-order chi connectivity index (χ0) is 19.1. The Labute approximate surface area is 159 Å². The number of benzene rings is 1. The number of rotatable bonds is 9. The van der Waals surface area contributed by atoms with Crippen molar-refractivity contribution in [2.24, 2.45) is 0 Å². The molecule has 0 aliphatic heterocycles. The standard InChI is InChI=1S/C18H18ClNO5S/c1-2-25-17(24)9-14(21)7-12(8-16(22)23)15-10-20-18(26-15)11-3-5-13(19)6-4-11/h3-6,10,12H,2,7-9H2,1H3,(H,22,23)/t12-/m0/s1. The fraction of sp³-hybridized carbons (Fsp3) is 0.333. The van der Waals surface area contributed by atoms with Crippen molar-refractivity contribution in [1.82, 2.24) is 4.98 Å². The van der Waals surface area contributed by atoms with Crippen molar-refractivity contribution < 1.29 is 24.2 Å². The summed E-state index contributed by atoms with van der Waals surface area (Å²) in [7, 11) is 0. The lowest BCUT2D eigenvalue weighted by molar-refractivity contribution is -0.145. The summed E-state index contributed by atoms with van der Waals surface area (Å²) in [5, 5.41) is 10.5. The Bertz CT molecular complexity index is 787. The molecular formula is C18H18ClNO5S. The first-order chi connectivity index (χ1) is 12.4. The molecule has 0 amide bonds. The first kappa shape index (κ1) is 20.1. The fourth-order valence-electron chi connectivity index (χ4n) is 2.41. The van der Waals surface area contributed by atoms with Gasteiger partial charge in [-0.05, 0) is 19.1 Å². The minimum Gasteiger partial charge on any atom is -0.481 e. The van der Waals surface area contributed by atoms with Crippen molar-refractivity contribution in [3.8, 4) is 10.6 Å². The molecule has 0 aliphatic rings. The van der Waals surface area contributed by atoms with Crippen LogP contribution in [0.15, 0.2) is 30.5 Å². The Kier molecular flexibility index (Phi) is 7.29. The smallest absolute Gasteiger partial charge is 0.313 e. The summed E-state index contributed by atoms with van der Waals surface area (Å²) < 4.78 is 4.76. The second-order valence-corrected chi connectivity index (χ2v) is 7.09. The predicted molar refractivity (Wildman–Crippen MR) is 98.4 cm³/mol. The third-order valence-corrected chi connectivity index (χ3v) is 5.02. The fourth-order valence-corrected chi connectivity index (χ4v) is 3.55. The summed E-state index contributed by atoms with van der Waals surface area (Å²) in [6, 6.07) is 7.14. The molecule has 0 aliphatic carbocycles. The zero-order valence-corrected chi connectivity index (χ0v) is 15.7. The van der Waals surface area contributed by atoms with Gasteiger partial charge in [0, 0.05) is 34.0 Å². The van der Waals surface area contributed by atoms with E-state index in [1.807, 2.05) is 12.1 Å². The number of Topliss-reactive ketones (excluding diaryl/α,β-unsaturated/α-hetero) is 1. The molecular weight excluding hydrogens is 378 g/mol. The van der Waals surface area contributed by atoms with E-state index in [4.69, 9.17) is 21.4 Å². The van der Waals surface area contributed by atoms with Crippen LogP contribution in [0.3, 0.4) is 0 Å². The topological polar surface area (TPSA) is 93.6 Å². The van der Waals surface area contributed by atoms with E-state index in [2.05, 4.69) is 4.98 Å². The number of aromatic nitrogens is 1. The minimum absolute atomic E-state index is 0.0482. The normalized spacial score (nSPS) is 11.8. The number of carboxylic acids is 1. The quantitative estimate of drug-likeness (QED) is 0.510. The van der Waals surface area contributed by atoms with E-state index in [9.17, 15) is 14.4 Å². The second kappa shape index (κ2) is 9.45. The number of carboxylic acid groups (broad SMARTS) is 1. The number of hydrogen-bond donors (Lipinski definition) is 1. The van der Waals surface area contributed by atoms with Gasteiger partial charge in [-0.3, -0.25) is 14.4 Å². The van der Waals surface area contributed by atoms with Gasteiger partial charge in [-0.25, -0.2) is 4.98 Å². The summed E-state index contributed by atoms with van der Waals surface area (Å²) >= 11 is 7.20. The number of carbonyl (C=O) groups excluding carboxylic acids is 2. The summed E-state index contributed by atoms with van der Waals surface area (Å²) in [6.45, 7) is 1.86. The maximum atomic E-state index is 12.1. The van der Waals surface area contributed by atoms with Gasteiger partial charge in [-0.1, -0.05) is 23.7 Å². The molecule has 0 saturated carbocycles. The van der Waals surface area contributed by atoms with Gasteiger partial charge in [0.2, 0.25) is 0 Å². The molecule has 2 aromatic rings. The third-order valence-electron chi connectivity index (χ3n) is 3.56. The highest BCUT2D eigenvalue weighted by molar-refractivity contribution is 7.15. The maximum absolute atomic E-state index is 12.1. The van der Waals surface area contributed by atoms with E-state index in [1.165, 1.54) is 11.3 Å². The molecule has 0 bridgehead atoms. The van der Waals surface area contributed by atoms with Crippen molar-refractivity contribution in [2.75, 3.05) is 6.61 Å². The monoisotopic (exact) mass is 395 g/mol. The van der Waals surface area contributed by atoms with Gasteiger partial charge in [0.05, 0.1) is 13.0 Å². The lowest BCUT2D eigenvalue weighted by atomic mass is 9.96. The second-order valence-electron chi connectivity index (χ2n) is 5.59. The number of ether oxygens (including phenoxy) is 1. The Morgan fingerprint density at radius 1 is 1.23 bits per heavy atom. The highest BCUT2D eigenvalue weighted by Crippen LogP contribution is 2.34. The largest absolute Gasteiger partial charge is 0.481 e. The molecule has 2 rings (SSSR count). The van der Waals surface area contributed by atoms with Crippen LogP contribution < -0.4 is 0 Å². The molecule has 1 aromatic carbocycles. The molecule has 0 saturated heterocycles. The van der Waals surface area contributed by atoms with Crippen LogP contribution in [0, 0.1) is 0 Å². The number of hydrogen-bond acceptors (Lipinski definition) is 6. The van der Waals surface area contributed by atoms with Crippen LogP contribution in [-0.4, -0.2) is 34.4 Å². The summed E-state index contributed by atoms with van der Waals surface area (Å²) in [6.07, 6.45) is 0.969. The number of esters is 1. The number of nitrogens with zero attached hydrogens (tertiary/aromatic N) is 1. The molecule has 26 heavy (non-hydrogen) atoms. The molecule has 1 heterocycles. The summed E-state index contributed by atoms with van der Waals surface area (Å²) in [4.78, 5) is 39.7. The number of aliphatic carboxylic acids is 1. The van der Waals surface area contributed by atoms with Crippen molar-refractivity contribution in [2.45, 2.75) is 32.1 Å². The van der Waals surface area contributed by atoms with E-state index in [0.717, 1.165) is 5.56 Å². The van der Waals surface area contributed by atoms with Gasteiger partial charge in [-0.15, -0.1) is 11.3 Å². The molecule has 0 spiro atoms. The van der Waals surface area contributed by atoms with Crippen LogP contribution in [-0.2, 0) is 19.1 Å². The molecule has 0 radical (unpaired) electrons. The van der Waals surface area contributed by atoms with Crippen LogP contribution in [0.25, 0.3) is 10.6 Å². The van der Waals surface area contributed by atoms with E-state index < -0.39 is 17.9 Å². The average molecular weight is 396 g/mol. The number of ketones is 1. The van der Waals surface area contributed by atoms with Crippen LogP contribution in [0.1, 0.15) is 37.0 Å². The number of halogens is 1. The number of thiazole rings is 1. The lowest BCUT2D eigenvalue weighted by Crippen LogP contribution is -2.15. The number of carbonyl (C=O) groups is 3. The predicted octanol–water partition coefficient (Wildman–Crippen LogP) is 3.93. The molecule has 0 fully saturated rings. The van der Waals surface area contributed by atoms with Crippen molar-refractivity contribution in [3.63, 3.8) is 0 Å². The Balaban J connectivity index is 2.14. The molecule has 1 aromatic heterocycles. The van der Waals surface area contributed by atoms with Gasteiger partial charge in [0.1, 0.15) is 17.2 Å². The third kappa shape index (κ3) is 5.93. The molecule has 138 valence electrons. The SMILES string of the molecule is CCOC(=O)CC(=O)C[C@@H](CC(=O)O)c1cnc(-c2ccc(Cl)cc2)s1. The van der Waals surface area contributed by atoms with Crippen molar-refractivity contribution in [1.29, 1.82) is 0 Å². The Morgan fingerprint density at radius 2 is 1.92 bits per heavy atom. The molecule has 1 atom stereocenters. The van der Waals surface area contributed by atoms with E-state index >= 15 is 0 Å². The van der Waals surface area contributed by atoms with E-state index in [0.29, 0.717) is 14.9 Å². The lowest BCUT2D eigenvalue weighted by Gasteiger charge is -2.11. The first-order valence-corrected chi connectivity index (χ1v) is 9.19. The van der Waals surface area contributed by atoms with Crippen LogP contribution in [0.4, 0.5) is 0 Å². The highest BCUT2D eigenvalue weighted by Gasteiger charge is 2.23. The Hall–Kier alpha value is -2.25. The van der Waals surface area contributed by atoms with Crippen molar-refractivity contribution in [3.05, 3.63) is 40.4 Å². The van der Waals surface area contributed by atoms with E-state index in [-0.39, 0.29) is 31.7 Å². The minimum atomic E-state index is -1.01. The average Bonchev–Trinajstić information content (AvgIpc) is 3.04. The van der Waals surface area contributed by atoms with Gasteiger partial charge >= 0.3 is 11.9 Å². The van der Waals surface area contributed by atoms with Crippen LogP contribution in [0.2, 0.25) is 5.02 Å². The molecule has 8 heteroatoms. The first-order valence-electron chi connectivity index (χ1n) is 7.99. The van der Waals surface area contributed by atoms with Gasteiger partial charge < -0.3 is 9.84 Å².